The van der Waals surface area contributed by atoms with E-state index in [-0.39, 0.29) is 17.8 Å². The molecule has 84 valence electrons. The quantitative estimate of drug-likeness (QED) is 0.890. The summed E-state index contributed by atoms with van der Waals surface area (Å²) in [5, 5.41) is 12.1. The van der Waals surface area contributed by atoms with Crippen molar-refractivity contribution in [3.8, 4) is 10.8 Å². The summed E-state index contributed by atoms with van der Waals surface area (Å²) in [4.78, 5) is 12.3. The van der Waals surface area contributed by atoms with E-state index >= 15 is 0 Å². The highest BCUT2D eigenvalue weighted by Gasteiger charge is 2.13. The third-order valence-electron chi connectivity index (χ3n) is 1.91. The molecule has 0 saturated heterocycles. The first kappa shape index (κ1) is 10.8. The van der Waals surface area contributed by atoms with Crippen LogP contribution in [0.25, 0.3) is 10.8 Å². The molecular formula is C10H11N3O2S. The molecule has 2 rings (SSSR count). The third kappa shape index (κ3) is 2.27. The number of rotatable bonds is 3. The number of carbonyl (C=O) groups excluding carboxylic acids is 1. The predicted octanol–water partition coefficient (Wildman–Crippen LogP) is 2.39. The van der Waals surface area contributed by atoms with Gasteiger partial charge in [0.25, 0.3) is 5.89 Å². The molecule has 2 heterocycles. The summed E-state index contributed by atoms with van der Waals surface area (Å²) in [6.07, 6.45) is 0. The van der Waals surface area contributed by atoms with Crippen LogP contribution in [0.5, 0.6) is 0 Å². The third-order valence-corrected chi connectivity index (χ3v) is 2.77. The summed E-state index contributed by atoms with van der Waals surface area (Å²) in [5.41, 5.74) is 0. The minimum atomic E-state index is -0.138. The van der Waals surface area contributed by atoms with E-state index < -0.39 is 0 Å². The maximum atomic E-state index is 11.4. The van der Waals surface area contributed by atoms with E-state index in [1.165, 1.54) is 11.3 Å². The number of amides is 1. The van der Waals surface area contributed by atoms with Gasteiger partial charge in [0, 0.05) is 5.92 Å². The fraction of sp³-hybridized carbons (Fsp3) is 0.300. The smallest absolute Gasteiger partial charge is 0.322 e. The van der Waals surface area contributed by atoms with Crippen molar-refractivity contribution < 1.29 is 9.21 Å². The Morgan fingerprint density at radius 3 is 2.94 bits per heavy atom. The van der Waals surface area contributed by atoms with Gasteiger partial charge in [0.1, 0.15) is 0 Å². The second-order valence-electron chi connectivity index (χ2n) is 3.53. The lowest BCUT2D eigenvalue weighted by molar-refractivity contribution is -0.119. The minimum Gasteiger partial charge on any atom is -0.402 e. The maximum Gasteiger partial charge on any atom is 0.322 e. The van der Waals surface area contributed by atoms with Gasteiger partial charge in [-0.2, -0.15) is 0 Å². The van der Waals surface area contributed by atoms with Gasteiger partial charge in [0.05, 0.1) is 4.88 Å². The van der Waals surface area contributed by atoms with Gasteiger partial charge in [0.2, 0.25) is 5.91 Å². The van der Waals surface area contributed by atoms with Crippen molar-refractivity contribution in [3.63, 3.8) is 0 Å². The van der Waals surface area contributed by atoms with E-state index in [0.717, 1.165) is 4.88 Å². The number of anilines is 1. The highest BCUT2D eigenvalue weighted by atomic mass is 32.1. The molecule has 0 aliphatic heterocycles. The summed E-state index contributed by atoms with van der Waals surface area (Å²) >= 11 is 1.51. The first-order chi connectivity index (χ1) is 7.66. The summed E-state index contributed by atoms with van der Waals surface area (Å²) in [5.74, 6) is 0.174. The molecule has 0 saturated carbocycles. The standard InChI is InChI=1S/C10H11N3O2S/c1-6(2)8(14)11-10-13-12-9(15-10)7-4-3-5-16-7/h3-6H,1-2H3,(H,11,13,14). The normalized spacial score (nSPS) is 10.7. The van der Waals surface area contributed by atoms with Crippen LogP contribution in [0.4, 0.5) is 6.01 Å². The van der Waals surface area contributed by atoms with Crippen LogP contribution in [0.2, 0.25) is 0 Å². The molecule has 0 aliphatic rings. The number of hydrogen-bond acceptors (Lipinski definition) is 5. The van der Waals surface area contributed by atoms with Crippen LogP contribution in [-0.2, 0) is 4.79 Å². The van der Waals surface area contributed by atoms with Gasteiger partial charge in [-0.05, 0) is 11.4 Å². The van der Waals surface area contributed by atoms with Gasteiger partial charge in [-0.3, -0.25) is 10.1 Å². The summed E-state index contributed by atoms with van der Waals surface area (Å²) < 4.78 is 5.31. The summed E-state index contributed by atoms with van der Waals surface area (Å²) in [6, 6.07) is 3.92. The minimum absolute atomic E-state index is 0.114. The largest absolute Gasteiger partial charge is 0.402 e. The lowest BCUT2D eigenvalue weighted by atomic mass is 10.2. The van der Waals surface area contributed by atoms with Gasteiger partial charge < -0.3 is 4.42 Å². The van der Waals surface area contributed by atoms with Crippen LogP contribution in [0.3, 0.4) is 0 Å². The number of hydrogen-bond donors (Lipinski definition) is 1. The maximum absolute atomic E-state index is 11.4. The highest BCUT2D eigenvalue weighted by molar-refractivity contribution is 7.13. The van der Waals surface area contributed by atoms with Crippen LogP contribution in [0.1, 0.15) is 13.8 Å². The van der Waals surface area contributed by atoms with Crippen LogP contribution < -0.4 is 5.32 Å². The zero-order valence-electron chi connectivity index (χ0n) is 8.93. The molecule has 0 radical (unpaired) electrons. The van der Waals surface area contributed by atoms with Crippen molar-refractivity contribution in [1.29, 1.82) is 0 Å². The first-order valence-electron chi connectivity index (χ1n) is 4.85. The molecule has 6 heteroatoms. The molecular weight excluding hydrogens is 226 g/mol. The fourth-order valence-corrected chi connectivity index (χ4v) is 1.67. The van der Waals surface area contributed by atoms with E-state index in [1.807, 2.05) is 17.5 Å². The summed E-state index contributed by atoms with van der Waals surface area (Å²) in [6.45, 7) is 3.60. The van der Waals surface area contributed by atoms with Crippen molar-refractivity contribution in [2.75, 3.05) is 5.32 Å². The van der Waals surface area contributed by atoms with Crippen LogP contribution in [0, 0.1) is 5.92 Å². The van der Waals surface area contributed by atoms with Crippen molar-refractivity contribution >= 4 is 23.3 Å². The number of nitrogens with zero attached hydrogens (tertiary/aromatic N) is 2. The summed E-state index contributed by atoms with van der Waals surface area (Å²) in [7, 11) is 0. The zero-order valence-corrected chi connectivity index (χ0v) is 9.75. The molecule has 2 aromatic rings. The van der Waals surface area contributed by atoms with Crippen LogP contribution in [0.15, 0.2) is 21.9 Å². The number of thiophene rings is 1. The zero-order chi connectivity index (χ0) is 11.5. The molecule has 1 N–H and O–H groups in total. The van der Waals surface area contributed by atoms with Crippen molar-refractivity contribution in [1.82, 2.24) is 10.2 Å². The Balaban J connectivity index is 2.11. The Hall–Kier alpha value is -1.69. The van der Waals surface area contributed by atoms with Crippen molar-refractivity contribution in [2.24, 2.45) is 5.92 Å². The number of aromatic nitrogens is 2. The van der Waals surface area contributed by atoms with E-state index in [0.29, 0.717) is 5.89 Å². The Morgan fingerprint density at radius 1 is 1.50 bits per heavy atom. The first-order valence-corrected chi connectivity index (χ1v) is 5.73. The van der Waals surface area contributed by atoms with E-state index in [9.17, 15) is 4.79 Å². The van der Waals surface area contributed by atoms with E-state index in [1.54, 1.807) is 13.8 Å². The second kappa shape index (κ2) is 4.44. The molecule has 0 atom stereocenters. The molecule has 0 aromatic carbocycles. The number of nitrogens with one attached hydrogen (secondary N) is 1. The molecule has 16 heavy (non-hydrogen) atoms. The van der Waals surface area contributed by atoms with E-state index in [4.69, 9.17) is 4.42 Å². The molecule has 0 fully saturated rings. The Morgan fingerprint density at radius 2 is 2.31 bits per heavy atom. The van der Waals surface area contributed by atoms with Crippen molar-refractivity contribution in [2.45, 2.75) is 13.8 Å². The number of carbonyl (C=O) groups is 1. The Bertz CT molecular complexity index is 476. The fourth-order valence-electron chi connectivity index (χ4n) is 1.02. The van der Waals surface area contributed by atoms with Gasteiger partial charge in [-0.25, -0.2) is 0 Å². The van der Waals surface area contributed by atoms with Crippen molar-refractivity contribution in [3.05, 3.63) is 17.5 Å². The van der Waals surface area contributed by atoms with Gasteiger partial charge in [-0.15, -0.1) is 16.4 Å². The van der Waals surface area contributed by atoms with Crippen LogP contribution >= 0.6 is 11.3 Å². The molecule has 0 unspecified atom stereocenters. The predicted molar refractivity (Wildman–Crippen MR) is 61.1 cm³/mol. The SMILES string of the molecule is CC(C)C(=O)Nc1nnc(-c2cccs2)o1. The lowest BCUT2D eigenvalue weighted by Gasteiger charge is -2.01. The Kier molecular flexibility index (Phi) is 3.00. The van der Waals surface area contributed by atoms with Gasteiger partial charge in [-0.1, -0.05) is 25.0 Å². The topological polar surface area (TPSA) is 68.0 Å². The highest BCUT2D eigenvalue weighted by Crippen LogP contribution is 2.24. The van der Waals surface area contributed by atoms with Gasteiger partial charge in [0.15, 0.2) is 0 Å². The lowest BCUT2D eigenvalue weighted by Crippen LogP contribution is -2.17. The van der Waals surface area contributed by atoms with E-state index in [2.05, 4.69) is 15.5 Å². The average Bonchev–Trinajstić information content (AvgIpc) is 2.85. The molecule has 2 aromatic heterocycles. The van der Waals surface area contributed by atoms with Gasteiger partial charge >= 0.3 is 6.01 Å². The second-order valence-corrected chi connectivity index (χ2v) is 4.48. The molecule has 1 amide bonds. The molecule has 0 aliphatic carbocycles. The monoisotopic (exact) mass is 237 g/mol. The Labute approximate surface area is 96.5 Å². The molecule has 0 spiro atoms. The molecule has 5 nitrogen and oxygen atoms in total. The average molecular weight is 237 g/mol. The van der Waals surface area contributed by atoms with Crippen LogP contribution in [-0.4, -0.2) is 16.1 Å². The molecule has 0 bridgehead atoms.